The van der Waals surface area contributed by atoms with Gasteiger partial charge in [0.15, 0.2) is 0 Å². The number of nitrogens with zero attached hydrogens (tertiary/aromatic N) is 1. The summed E-state index contributed by atoms with van der Waals surface area (Å²) in [6, 6.07) is 0. The van der Waals surface area contributed by atoms with Crippen molar-refractivity contribution < 1.29 is 0 Å². The van der Waals surface area contributed by atoms with E-state index in [1.165, 1.54) is 17.8 Å². The molecule has 0 aromatic carbocycles. The third kappa shape index (κ3) is 2.57. The largest absolute Gasteiger partial charge is 0.301 e. The van der Waals surface area contributed by atoms with Crippen molar-refractivity contribution in [3.8, 4) is 11.8 Å². The molecule has 1 aliphatic carbocycles. The van der Waals surface area contributed by atoms with Crippen molar-refractivity contribution in [3.05, 3.63) is 16.1 Å². The van der Waals surface area contributed by atoms with E-state index in [0.29, 0.717) is 0 Å². The van der Waals surface area contributed by atoms with Crippen LogP contribution in [-0.4, -0.2) is 11.5 Å². The van der Waals surface area contributed by atoms with E-state index in [1.54, 1.807) is 11.3 Å². The molecule has 2 rings (SSSR count). The fraction of sp³-hybridized carbons (Fsp3) is 0.545. The second kappa shape index (κ2) is 4.59. The summed E-state index contributed by atoms with van der Waals surface area (Å²) in [7, 11) is 0. The van der Waals surface area contributed by atoms with Gasteiger partial charge in [-0.05, 0) is 19.8 Å². The van der Waals surface area contributed by atoms with E-state index in [9.17, 15) is 0 Å². The lowest BCUT2D eigenvalue weighted by Crippen LogP contribution is -2.13. The van der Waals surface area contributed by atoms with Gasteiger partial charge in [0.2, 0.25) is 0 Å². The Morgan fingerprint density at radius 2 is 2.50 bits per heavy atom. The number of hydrogen-bond acceptors (Lipinski definition) is 3. The number of thiazole rings is 1. The zero-order valence-corrected chi connectivity index (χ0v) is 9.16. The van der Waals surface area contributed by atoms with Crippen LogP contribution in [0.15, 0.2) is 5.38 Å². The zero-order valence-electron chi connectivity index (χ0n) is 8.34. The minimum absolute atomic E-state index is 0.757. The Labute approximate surface area is 88.8 Å². The van der Waals surface area contributed by atoms with Gasteiger partial charge in [-0.3, -0.25) is 0 Å². The molecule has 2 nitrogen and oxygen atoms in total. The minimum atomic E-state index is 0.757. The standard InChI is InChI=1S/C11H14N2S/c1-2-3-6-12-7-10-8-14-11(13-10)9-4-5-9/h8-9,12H,4-7H2,1H3. The molecule has 0 unspecified atom stereocenters. The molecular formula is C11H14N2S. The van der Waals surface area contributed by atoms with E-state index in [1.807, 2.05) is 6.92 Å². The van der Waals surface area contributed by atoms with Gasteiger partial charge in [-0.2, -0.15) is 0 Å². The van der Waals surface area contributed by atoms with Gasteiger partial charge in [0.1, 0.15) is 0 Å². The Bertz CT molecular complexity index is 355. The second-order valence-electron chi connectivity index (χ2n) is 3.48. The van der Waals surface area contributed by atoms with Gasteiger partial charge in [-0.25, -0.2) is 4.98 Å². The van der Waals surface area contributed by atoms with Crippen LogP contribution in [0.5, 0.6) is 0 Å². The summed E-state index contributed by atoms with van der Waals surface area (Å²) < 4.78 is 0. The predicted octanol–water partition coefficient (Wildman–Crippen LogP) is 2.13. The fourth-order valence-corrected chi connectivity index (χ4v) is 2.25. The van der Waals surface area contributed by atoms with Crippen molar-refractivity contribution in [3.63, 3.8) is 0 Å². The average molecular weight is 206 g/mol. The van der Waals surface area contributed by atoms with Gasteiger partial charge in [-0.15, -0.1) is 17.3 Å². The summed E-state index contributed by atoms with van der Waals surface area (Å²) in [6.07, 6.45) is 2.67. The molecular weight excluding hydrogens is 192 g/mol. The van der Waals surface area contributed by atoms with E-state index in [0.717, 1.165) is 24.7 Å². The van der Waals surface area contributed by atoms with Crippen LogP contribution in [0.1, 0.15) is 36.4 Å². The normalized spacial score (nSPS) is 14.9. The molecule has 0 radical (unpaired) electrons. The summed E-state index contributed by atoms with van der Waals surface area (Å²) in [5.74, 6) is 6.61. The van der Waals surface area contributed by atoms with E-state index < -0.39 is 0 Å². The molecule has 1 N–H and O–H groups in total. The third-order valence-electron chi connectivity index (χ3n) is 2.19. The summed E-state index contributed by atoms with van der Waals surface area (Å²) in [4.78, 5) is 4.58. The maximum atomic E-state index is 4.58. The molecule has 1 saturated carbocycles. The molecule has 0 aliphatic heterocycles. The second-order valence-corrected chi connectivity index (χ2v) is 4.37. The lowest BCUT2D eigenvalue weighted by Gasteiger charge is -1.95. The van der Waals surface area contributed by atoms with Gasteiger partial charge in [0.25, 0.3) is 0 Å². The Morgan fingerprint density at radius 1 is 1.64 bits per heavy atom. The summed E-state index contributed by atoms with van der Waals surface area (Å²) in [5, 5.41) is 6.72. The van der Waals surface area contributed by atoms with Crippen LogP contribution in [0.3, 0.4) is 0 Å². The van der Waals surface area contributed by atoms with E-state index >= 15 is 0 Å². The number of hydrogen-bond donors (Lipinski definition) is 1. The van der Waals surface area contributed by atoms with Crippen LogP contribution in [0, 0.1) is 11.8 Å². The lowest BCUT2D eigenvalue weighted by atomic mass is 10.4. The Balaban J connectivity index is 1.79. The number of nitrogens with one attached hydrogen (secondary N) is 1. The van der Waals surface area contributed by atoms with Crippen LogP contribution in [0.2, 0.25) is 0 Å². The highest BCUT2D eigenvalue weighted by atomic mass is 32.1. The summed E-state index contributed by atoms with van der Waals surface area (Å²) in [5.41, 5.74) is 1.16. The molecule has 1 aromatic rings. The molecule has 74 valence electrons. The van der Waals surface area contributed by atoms with Gasteiger partial charge in [0, 0.05) is 17.8 Å². The highest BCUT2D eigenvalue weighted by Crippen LogP contribution is 2.41. The first-order valence-electron chi connectivity index (χ1n) is 4.95. The zero-order chi connectivity index (χ0) is 9.80. The van der Waals surface area contributed by atoms with Crippen LogP contribution in [0.4, 0.5) is 0 Å². The van der Waals surface area contributed by atoms with Crippen LogP contribution < -0.4 is 5.32 Å². The van der Waals surface area contributed by atoms with Gasteiger partial charge in [0.05, 0.1) is 17.2 Å². The Hall–Kier alpha value is -0.850. The molecule has 0 saturated heterocycles. The third-order valence-corrected chi connectivity index (χ3v) is 3.25. The molecule has 1 heterocycles. The predicted molar refractivity (Wildman–Crippen MR) is 59.2 cm³/mol. The molecule has 0 amide bonds. The molecule has 0 spiro atoms. The summed E-state index contributed by atoms with van der Waals surface area (Å²) >= 11 is 1.80. The maximum absolute atomic E-state index is 4.58. The first-order valence-corrected chi connectivity index (χ1v) is 5.82. The van der Waals surface area contributed by atoms with Crippen LogP contribution in [0.25, 0.3) is 0 Å². The number of rotatable bonds is 4. The number of aromatic nitrogens is 1. The Morgan fingerprint density at radius 3 is 3.21 bits per heavy atom. The van der Waals surface area contributed by atoms with Crippen molar-refractivity contribution >= 4 is 11.3 Å². The van der Waals surface area contributed by atoms with Crippen molar-refractivity contribution in [2.75, 3.05) is 6.54 Å². The van der Waals surface area contributed by atoms with Crippen molar-refractivity contribution in [2.24, 2.45) is 0 Å². The molecule has 14 heavy (non-hydrogen) atoms. The van der Waals surface area contributed by atoms with Gasteiger partial charge >= 0.3 is 0 Å². The molecule has 1 fully saturated rings. The molecule has 0 bridgehead atoms. The topological polar surface area (TPSA) is 24.9 Å². The fourth-order valence-electron chi connectivity index (χ4n) is 1.26. The molecule has 1 aromatic heterocycles. The first-order chi connectivity index (χ1) is 6.90. The summed E-state index contributed by atoms with van der Waals surface area (Å²) in [6.45, 7) is 3.46. The highest BCUT2D eigenvalue weighted by molar-refractivity contribution is 7.09. The van der Waals surface area contributed by atoms with Gasteiger partial charge < -0.3 is 5.32 Å². The average Bonchev–Trinajstić information content (AvgIpc) is 2.94. The van der Waals surface area contributed by atoms with E-state index in [4.69, 9.17) is 0 Å². The van der Waals surface area contributed by atoms with Crippen molar-refractivity contribution in [2.45, 2.75) is 32.2 Å². The molecule has 3 heteroatoms. The minimum Gasteiger partial charge on any atom is -0.301 e. The quantitative estimate of drug-likeness (QED) is 0.603. The Kier molecular flexibility index (Phi) is 3.18. The SMILES string of the molecule is CC#CCNCc1csc(C2CC2)n1. The lowest BCUT2D eigenvalue weighted by molar-refractivity contribution is 0.750. The first kappa shape index (κ1) is 9.70. The van der Waals surface area contributed by atoms with Crippen molar-refractivity contribution in [1.29, 1.82) is 0 Å². The van der Waals surface area contributed by atoms with Crippen molar-refractivity contribution in [1.82, 2.24) is 10.3 Å². The highest BCUT2D eigenvalue weighted by Gasteiger charge is 2.26. The van der Waals surface area contributed by atoms with E-state index in [2.05, 4.69) is 27.5 Å². The smallest absolute Gasteiger partial charge is 0.0959 e. The van der Waals surface area contributed by atoms with E-state index in [-0.39, 0.29) is 0 Å². The molecule has 0 atom stereocenters. The van der Waals surface area contributed by atoms with Gasteiger partial charge in [-0.1, -0.05) is 5.92 Å². The molecule has 1 aliphatic rings. The monoisotopic (exact) mass is 206 g/mol. The van der Waals surface area contributed by atoms with Crippen LogP contribution >= 0.6 is 11.3 Å². The maximum Gasteiger partial charge on any atom is 0.0959 e. The van der Waals surface area contributed by atoms with Crippen LogP contribution in [-0.2, 0) is 6.54 Å².